The van der Waals surface area contributed by atoms with E-state index < -0.39 is 0 Å². The molecule has 2 aromatic heterocycles. The largest absolute Gasteiger partial charge is 0.497 e. The summed E-state index contributed by atoms with van der Waals surface area (Å²) in [5.41, 5.74) is 2.61. The summed E-state index contributed by atoms with van der Waals surface area (Å²) in [6.45, 7) is 2.01. The molecule has 0 unspecified atom stereocenters. The highest BCUT2D eigenvalue weighted by molar-refractivity contribution is 7.15. The zero-order valence-corrected chi connectivity index (χ0v) is 15.9. The average molecular weight is 379 g/mol. The highest BCUT2D eigenvalue weighted by atomic mass is 32.1. The Bertz CT molecular complexity index is 1240. The van der Waals surface area contributed by atoms with Crippen LogP contribution in [0.2, 0.25) is 0 Å². The lowest BCUT2D eigenvalue weighted by atomic mass is 10.1. The first-order valence-electron chi connectivity index (χ1n) is 8.29. The van der Waals surface area contributed by atoms with Gasteiger partial charge in [0.25, 0.3) is 5.56 Å². The predicted octanol–water partition coefficient (Wildman–Crippen LogP) is 2.69. The molecule has 0 spiro atoms. The van der Waals surface area contributed by atoms with Crippen LogP contribution in [0.4, 0.5) is 0 Å². The summed E-state index contributed by atoms with van der Waals surface area (Å²) < 4.78 is 12.5. The second kappa shape index (κ2) is 6.85. The van der Waals surface area contributed by atoms with Crippen molar-refractivity contribution in [3.63, 3.8) is 0 Å². The number of methoxy groups -OCH3 is 2. The molecule has 0 bridgehead atoms. The summed E-state index contributed by atoms with van der Waals surface area (Å²) in [5.74, 6) is 1.88. The van der Waals surface area contributed by atoms with Crippen molar-refractivity contribution in [2.75, 3.05) is 14.2 Å². The molecule has 136 valence electrons. The fraction of sp³-hybridized carbons (Fsp3) is 0.150. The molecule has 0 aliphatic carbocycles. The van der Waals surface area contributed by atoms with Gasteiger partial charge in [0.15, 0.2) is 5.82 Å². The summed E-state index contributed by atoms with van der Waals surface area (Å²) in [6.07, 6.45) is 1.79. The lowest BCUT2D eigenvalue weighted by Crippen LogP contribution is -2.23. The Kier molecular flexibility index (Phi) is 4.37. The first-order valence-corrected chi connectivity index (χ1v) is 9.11. The Morgan fingerprint density at radius 3 is 2.67 bits per heavy atom. The smallest absolute Gasteiger partial charge is 0.291 e. The van der Waals surface area contributed by atoms with Gasteiger partial charge in [-0.15, -0.1) is 5.10 Å². The molecule has 0 saturated heterocycles. The molecule has 4 rings (SSSR count). The summed E-state index contributed by atoms with van der Waals surface area (Å²) in [5, 5.41) is 4.39. The normalized spacial score (nSPS) is 11.9. The first kappa shape index (κ1) is 17.2. The Morgan fingerprint density at radius 2 is 1.96 bits per heavy atom. The van der Waals surface area contributed by atoms with E-state index in [4.69, 9.17) is 9.47 Å². The number of ether oxygens (including phenoxy) is 2. The van der Waals surface area contributed by atoms with Crippen LogP contribution in [-0.2, 0) is 0 Å². The SMILES string of the molecule is COc1ccc(/C=c2\sc3nc(-c4cccc(C)c4)nn3c2=O)c(OC)c1. The second-order valence-corrected chi connectivity index (χ2v) is 7.03. The van der Waals surface area contributed by atoms with Gasteiger partial charge in [-0.25, -0.2) is 0 Å². The van der Waals surface area contributed by atoms with Crippen LogP contribution in [0.5, 0.6) is 11.5 Å². The van der Waals surface area contributed by atoms with Crippen molar-refractivity contribution in [2.24, 2.45) is 0 Å². The number of hydrogen-bond donors (Lipinski definition) is 0. The third-order valence-corrected chi connectivity index (χ3v) is 5.14. The Hall–Kier alpha value is -3.19. The Morgan fingerprint density at radius 1 is 1.11 bits per heavy atom. The second-order valence-electron chi connectivity index (χ2n) is 6.02. The first-order chi connectivity index (χ1) is 13.1. The van der Waals surface area contributed by atoms with E-state index in [1.165, 1.54) is 15.9 Å². The van der Waals surface area contributed by atoms with Gasteiger partial charge in [0, 0.05) is 17.2 Å². The topological polar surface area (TPSA) is 65.7 Å². The number of hydrogen-bond acceptors (Lipinski definition) is 6. The number of fused-ring (bicyclic) bond motifs is 1. The summed E-state index contributed by atoms with van der Waals surface area (Å²) in [7, 11) is 3.18. The van der Waals surface area contributed by atoms with Gasteiger partial charge in [-0.05, 0) is 31.2 Å². The van der Waals surface area contributed by atoms with Gasteiger partial charge in [0.2, 0.25) is 4.96 Å². The maximum atomic E-state index is 12.7. The number of aromatic nitrogens is 3. The van der Waals surface area contributed by atoms with Crippen molar-refractivity contribution < 1.29 is 9.47 Å². The molecule has 0 amide bonds. The van der Waals surface area contributed by atoms with Gasteiger partial charge < -0.3 is 9.47 Å². The molecular formula is C20H17N3O3S. The molecule has 0 atom stereocenters. The van der Waals surface area contributed by atoms with Gasteiger partial charge in [-0.2, -0.15) is 9.50 Å². The lowest BCUT2D eigenvalue weighted by Gasteiger charge is -2.06. The fourth-order valence-corrected chi connectivity index (χ4v) is 3.72. The number of aryl methyl sites for hydroxylation is 1. The van der Waals surface area contributed by atoms with Crippen molar-refractivity contribution in [1.82, 2.24) is 14.6 Å². The predicted molar refractivity (Wildman–Crippen MR) is 106 cm³/mol. The summed E-state index contributed by atoms with van der Waals surface area (Å²) >= 11 is 1.30. The average Bonchev–Trinajstić information content (AvgIpc) is 3.22. The minimum Gasteiger partial charge on any atom is -0.497 e. The van der Waals surface area contributed by atoms with E-state index in [1.807, 2.05) is 43.3 Å². The van der Waals surface area contributed by atoms with Gasteiger partial charge in [-0.1, -0.05) is 35.1 Å². The molecule has 2 heterocycles. The van der Waals surface area contributed by atoms with Gasteiger partial charge in [0.1, 0.15) is 11.5 Å². The molecule has 0 fully saturated rings. The molecule has 0 aliphatic rings. The Balaban J connectivity index is 1.80. The Labute approximate surface area is 159 Å². The van der Waals surface area contributed by atoms with Crippen LogP contribution >= 0.6 is 11.3 Å². The summed E-state index contributed by atoms with van der Waals surface area (Å²) in [6, 6.07) is 13.4. The van der Waals surface area contributed by atoms with E-state index in [-0.39, 0.29) is 5.56 Å². The van der Waals surface area contributed by atoms with E-state index in [9.17, 15) is 4.79 Å². The van der Waals surface area contributed by atoms with Crippen molar-refractivity contribution in [1.29, 1.82) is 0 Å². The summed E-state index contributed by atoms with van der Waals surface area (Å²) in [4.78, 5) is 17.8. The van der Waals surface area contributed by atoms with Crippen molar-refractivity contribution in [3.05, 3.63) is 68.5 Å². The fourth-order valence-electron chi connectivity index (χ4n) is 2.82. The number of rotatable bonds is 4. The van der Waals surface area contributed by atoms with E-state index in [0.29, 0.717) is 26.8 Å². The van der Waals surface area contributed by atoms with Crippen LogP contribution in [0, 0.1) is 6.92 Å². The van der Waals surface area contributed by atoms with Crippen molar-refractivity contribution in [3.8, 4) is 22.9 Å². The lowest BCUT2D eigenvalue weighted by molar-refractivity contribution is 0.393. The van der Waals surface area contributed by atoms with E-state index in [1.54, 1.807) is 26.4 Å². The molecule has 0 N–H and O–H groups in total. The van der Waals surface area contributed by atoms with Crippen LogP contribution < -0.4 is 19.6 Å². The molecule has 0 saturated carbocycles. The third kappa shape index (κ3) is 3.17. The highest BCUT2D eigenvalue weighted by Crippen LogP contribution is 2.25. The molecule has 27 heavy (non-hydrogen) atoms. The van der Waals surface area contributed by atoms with Crippen LogP contribution in [-0.4, -0.2) is 28.8 Å². The van der Waals surface area contributed by atoms with Gasteiger partial charge >= 0.3 is 0 Å². The van der Waals surface area contributed by atoms with E-state index >= 15 is 0 Å². The zero-order valence-electron chi connectivity index (χ0n) is 15.1. The molecule has 7 heteroatoms. The standard InChI is InChI=1S/C20H17N3O3S/c1-12-5-4-6-14(9-12)18-21-20-23(22-18)19(24)17(27-20)10-13-7-8-15(25-2)11-16(13)26-3/h4-11H,1-3H3/b17-10-. The molecule has 0 radical (unpaired) electrons. The molecular weight excluding hydrogens is 362 g/mol. The minimum absolute atomic E-state index is 0.195. The van der Waals surface area contributed by atoms with Crippen LogP contribution in [0.25, 0.3) is 22.4 Å². The quantitative estimate of drug-likeness (QED) is 0.545. The van der Waals surface area contributed by atoms with Crippen molar-refractivity contribution >= 4 is 22.4 Å². The molecule has 4 aromatic rings. The number of benzene rings is 2. The zero-order chi connectivity index (χ0) is 19.0. The number of thiazole rings is 1. The molecule has 2 aromatic carbocycles. The maximum absolute atomic E-state index is 12.7. The molecule has 6 nitrogen and oxygen atoms in total. The van der Waals surface area contributed by atoms with Gasteiger partial charge in [0.05, 0.1) is 18.8 Å². The maximum Gasteiger partial charge on any atom is 0.291 e. The monoisotopic (exact) mass is 379 g/mol. The molecule has 0 aliphatic heterocycles. The van der Waals surface area contributed by atoms with E-state index in [0.717, 1.165) is 16.7 Å². The number of nitrogens with zero attached hydrogens (tertiary/aromatic N) is 3. The minimum atomic E-state index is -0.195. The van der Waals surface area contributed by atoms with Crippen LogP contribution in [0.1, 0.15) is 11.1 Å². The third-order valence-electron chi connectivity index (χ3n) is 4.19. The van der Waals surface area contributed by atoms with Crippen LogP contribution in [0.15, 0.2) is 47.3 Å². The van der Waals surface area contributed by atoms with E-state index in [2.05, 4.69) is 10.1 Å². The highest BCUT2D eigenvalue weighted by Gasteiger charge is 2.12. The van der Waals surface area contributed by atoms with Crippen molar-refractivity contribution in [2.45, 2.75) is 6.92 Å². The van der Waals surface area contributed by atoms with Crippen LogP contribution in [0.3, 0.4) is 0 Å². The van der Waals surface area contributed by atoms with Gasteiger partial charge in [-0.3, -0.25) is 4.79 Å².